The van der Waals surface area contributed by atoms with Crippen LogP contribution in [-0.4, -0.2) is 26.5 Å². The molecule has 0 aliphatic carbocycles. The van der Waals surface area contributed by atoms with E-state index in [9.17, 15) is 0 Å². The second kappa shape index (κ2) is 5.67. The molecule has 2 aromatic heterocycles. The van der Waals surface area contributed by atoms with Gasteiger partial charge >= 0.3 is 0 Å². The first-order valence-corrected chi connectivity index (χ1v) is 6.13. The third-order valence-corrected chi connectivity index (χ3v) is 2.68. The molecule has 6 heteroatoms. The topological polar surface area (TPSA) is 63.6 Å². The number of hydrogen-bond donors (Lipinski definition) is 1. The van der Waals surface area contributed by atoms with Crippen LogP contribution < -0.4 is 5.32 Å². The minimum atomic E-state index is 0.592. The third kappa shape index (κ3) is 2.97. The lowest BCUT2D eigenvalue weighted by Crippen LogP contribution is -2.04. The lowest BCUT2D eigenvalue weighted by atomic mass is 10.4. The number of nitrogens with zero attached hydrogens (tertiary/aromatic N) is 4. The van der Waals surface area contributed by atoms with E-state index in [1.165, 1.54) is 6.33 Å². The molecule has 0 aliphatic rings. The molecular formula is C11H12BrN5. The van der Waals surface area contributed by atoms with Crippen LogP contribution in [0.3, 0.4) is 0 Å². The maximum Gasteiger partial charge on any atom is 0.180 e. The zero-order chi connectivity index (χ0) is 12.1. The van der Waals surface area contributed by atoms with Crippen LogP contribution in [0.15, 0.2) is 29.3 Å². The monoisotopic (exact) mass is 293 g/mol. The fourth-order valence-corrected chi connectivity index (χ4v) is 1.61. The number of anilines is 1. The average molecular weight is 294 g/mol. The molecule has 0 radical (unpaired) electrons. The van der Waals surface area contributed by atoms with Crippen LogP contribution in [0.5, 0.6) is 0 Å². The van der Waals surface area contributed by atoms with E-state index in [0.29, 0.717) is 11.5 Å². The van der Waals surface area contributed by atoms with Gasteiger partial charge in [0.05, 0.1) is 4.47 Å². The largest absolute Gasteiger partial charge is 0.369 e. The number of hydrogen-bond acceptors (Lipinski definition) is 5. The highest BCUT2D eigenvalue weighted by atomic mass is 79.9. The van der Waals surface area contributed by atoms with Gasteiger partial charge in [-0.1, -0.05) is 6.92 Å². The smallest absolute Gasteiger partial charge is 0.180 e. The van der Waals surface area contributed by atoms with Crippen molar-refractivity contribution in [2.24, 2.45) is 0 Å². The molecule has 0 unspecified atom stereocenters. The highest BCUT2D eigenvalue weighted by Gasteiger charge is 2.07. The summed E-state index contributed by atoms with van der Waals surface area (Å²) < 4.78 is 0.851. The van der Waals surface area contributed by atoms with Gasteiger partial charge in [-0.05, 0) is 28.4 Å². The summed E-state index contributed by atoms with van der Waals surface area (Å²) in [5.74, 6) is 1.38. The van der Waals surface area contributed by atoms with Gasteiger partial charge in [0.2, 0.25) is 0 Å². The Morgan fingerprint density at radius 1 is 1.35 bits per heavy atom. The molecule has 0 fully saturated rings. The molecule has 0 amide bonds. The molecule has 17 heavy (non-hydrogen) atoms. The molecule has 0 spiro atoms. The highest BCUT2D eigenvalue weighted by Crippen LogP contribution is 2.21. The molecule has 0 bridgehead atoms. The second-order valence-corrected chi connectivity index (χ2v) is 4.27. The van der Waals surface area contributed by atoms with Crippen molar-refractivity contribution in [3.05, 3.63) is 29.3 Å². The fraction of sp³-hybridized carbons (Fsp3) is 0.273. The molecular weight excluding hydrogens is 282 g/mol. The van der Waals surface area contributed by atoms with Crippen LogP contribution in [0, 0.1) is 0 Å². The molecule has 0 atom stereocenters. The molecule has 0 saturated heterocycles. The molecule has 2 rings (SSSR count). The summed E-state index contributed by atoms with van der Waals surface area (Å²) in [5, 5.41) is 3.23. The molecule has 2 aromatic rings. The molecule has 1 N–H and O–H groups in total. The Labute approximate surface area is 108 Å². The number of halogens is 1. The first kappa shape index (κ1) is 11.9. The van der Waals surface area contributed by atoms with E-state index in [-0.39, 0.29) is 0 Å². The van der Waals surface area contributed by atoms with Crippen LogP contribution >= 0.6 is 15.9 Å². The van der Waals surface area contributed by atoms with Gasteiger partial charge in [0.25, 0.3) is 0 Å². The highest BCUT2D eigenvalue weighted by molar-refractivity contribution is 9.10. The first-order valence-electron chi connectivity index (χ1n) is 5.34. The summed E-state index contributed by atoms with van der Waals surface area (Å²) in [6, 6.07) is 1.78. The van der Waals surface area contributed by atoms with Gasteiger partial charge in [-0.25, -0.2) is 19.9 Å². The van der Waals surface area contributed by atoms with Gasteiger partial charge in [-0.15, -0.1) is 0 Å². The zero-order valence-corrected chi connectivity index (χ0v) is 11.0. The molecule has 88 valence electrons. The molecule has 0 aliphatic heterocycles. The van der Waals surface area contributed by atoms with Gasteiger partial charge < -0.3 is 5.32 Å². The maximum atomic E-state index is 4.42. The summed E-state index contributed by atoms with van der Waals surface area (Å²) in [6.07, 6.45) is 5.93. The van der Waals surface area contributed by atoms with Crippen molar-refractivity contribution in [3.8, 4) is 11.5 Å². The Balaban J connectivity index is 2.31. The SMILES string of the molecule is CCCNc1nc(-c2ccncn2)ncc1Br. The van der Waals surface area contributed by atoms with Crippen LogP contribution in [0.25, 0.3) is 11.5 Å². The average Bonchev–Trinajstić information content (AvgIpc) is 2.39. The summed E-state index contributed by atoms with van der Waals surface area (Å²) in [4.78, 5) is 16.6. The first-order chi connectivity index (χ1) is 8.31. The van der Waals surface area contributed by atoms with Crippen molar-refractivity contribution < 1.29 is 0 Å². The number of rotatable bonds is 4. The summed E-state index contributed by atoms with van der Waals surface area (Å²) in [7, 11) is 0. The summed E-state index contributed by atoms with van der Waals surface area (Å²) in [6.45, 7) is 2.98. The zero-order valence-electron chi connectivity index (χ0n) is 9.39. The van der Waals surface area contributed by atoms with E-state index in [2.05, 4.69) is 48.1 Å². The summed E-state index contributed by atoms with van der Waals surface area (Å²) in [5.41, 5.74) is 0.715. The van der Waals surface area contributed by atoms with Crippen LogP contribution in [0.1, 0.15) is 13.3 Å². The van der Waals surface area contributed by atoms with E-state index in [4.69, 9.17) is 0 Å². The summed E-state index contributed by atoms with van der Waals surface area (Å²) >= 11 is 3.41. The van der Waals surface area contributed by atoms with Crippen LogP contribution in [0.2, 0.25) is 0 Å². The Kier molecular flexibility index (Phi) is 3.98. The quantitative estimate of drug-likeness (QED) is 0.938. The van der Waals surface area contributed by atoms with E-state index >= 15 is 0 Å². The third-order valence-electron chi connectivity index (χ3n) is 2.10. The van der Waals surface area contributed by atoms with Crippen molar-refractivity contribution in [1.82, 2.24) is 19.9 Å². The van der Waals surface area contributed by atoms with Gasteiger partial charge in [-0.3, -0.25) is 0 Å². The number of aromatic nitrogens is 4. The molecule has 0 saturated carbocycles. The Bertz CT molecular complexity index is 488. The minimum absolute atomic E-state index is 0.592. The van der Waals surface area contributed by atoms with Gasteiger partial charge in [-0.2, -0.15) is 0 Å². The van der Waals surface area contributed by atoms with Crippen molar-refractivity contribution in [2.75, 3.05) is 11.9 Å². The lowest BCUT2D eigenvalue weighted by molar-refractivity contribution is 0.962. The van der Waals surface area contributed by atoms with E-state index in [0.717, 1.165) is 23.3 Å². The van der Waals surface area contributed by atoms with E-state index in [1.807, 2.05) is 0 Å². The van der Waals surface area contributed by atoms with Crippen LogP contribution in [-0.2, 0) is 0 Å². The lowest BCUT2D eigenvalue weighted by Gasteiger charge is -2.07. The second-order valence-electron chi connectivity index (χ2n) is 3.41. The van der Waals surface area contributed by atoms with E-state index < -0.39 is 0 Å². The number of nitrogens with one attached hydrogen (secondary N) is 1. The van der Waals surface area contributed by atoms with Gasteiger partial charge in [0.1, 0.15) is 17.8 Å². The predicted octanol–water partition coefficient (Wildman–Crippen LogP) is 2.52. The Hall–Kier alpha value is -1.56. The Morgan fingerprint density at radius 2 is 2.24 bits per heavy atom. The minimum Gasteiger partial charge on any atom is -0.369 e. The standard InChI is InChI=1S/C11H12BrN5/c1-2-4-14-10-8(12)6-15-11(17-10)9-3-5-13-7-16-9/h3,5-7H,2,4H2,1H3,(H,14,15,17). The van der Waals surface area contributed by atoms with Gasteiger partial charge in [0.15, 0.2) is 5.82 Å². The van der Waals surface area contributed by atoms with Crippen molar-refractivity contribution in [1.29, 1.82) is 0 Å². The normalized spacial score (nSPS) is 10.2. The van der Waals surface area contributed by atoms with Crippen molar-refractivity contribution in [2.45, 2.75) is 13.3 Å². The predicted molar refractivity (Wildman–Crippen MR) is 69.5 cm³/mol. The maximum absolute atomic E-state index is 4.42. The van der Waals surface area contributed by atoms with Gasteiger partial charge in [0, 0.05) is 18.9 Å². The Morgan fingerprint density at radius 3 is 2.94 bits per heavy atom. The van der Waals surface area contributed by atoms with Crippen molar-refractivity contribution in [3.63, 3.8) is 0 Å². The van der Waals surface area contributed by atoms with E-state index in [1.54, 1.807) is 18.5 Å². The van der Waals surface area contributed by atoms with Crippen LogP contribution in [0.4, 0.5) is 5.82 Å². The molecule has 0 aromatic carbocycles. The van der Waals surface area contributed by atoms with Crippen molar-refractivity contribution >= 4 is 21.7 Å². The molecule has 5 nitrogen and oxygen atoms in total. The molecule has 2 heterocycles. The fourth-order valence-electron chi connectivity index (χ4n) is 1.28.